The highest BCUT2D eigenvalue weighted by Gasteiger charge is 2.09. The van der Waals surface area contributed by atoms with Gasteiger partial charge in [-0.05, 0) is 53.2 Å². The molecule has 9 nitrogen and oxygen atoms in total. The van der Waals surface area contributed by atoms with Crippen molar-refractivity contribution in [3.63, 3.8) is 0 Å². The summed E-state index contributed by atoms with van der Waals surface area (Å²) in [6.45, 7) is 2.96. The van der Waals surface area contributed by atoms with E-state index in [1.54, 1.807) is 48.8 Å². The van der Waals surface area contributed by atoms with Crippen LogP contribution in [0, 0.1) is 5.41 Å². The van der Waals surface area contributed by atoms with E-state index in [1.807, 2.05) is 18.2 Å². The van der Waals surface area contributed by atoms with E-state index in [4.69, 9.17) is 15.9 Å². The van der Waals surface area contributed by atoms with E-state index in [0.717, 1.165) is 16.5 Å². The number of aliphatic imine (C=N–C) groups is 1. The van der Waals surface area contributed by atoms with Crippen LogP contribution in [0.3, 0.4) is 0 Å². The third-order valence-corrected chi connectivity index (χ3v) is 4.65. The van der Waals surface area contributed by atoms with Gasteiger partial charge in [0, 0.05) is 31.3 Å². The molecule has 1 amide bonds. The number of esters is 1. The van der Waals surface area contributed by atoms with Crippen molar-refractivity contribution in [2.24, 2.45) is 10.7 Å². The monoisotopic (exact) mass is 446 g/mol. The molecule has 33 heavy (non-hydrogen) atoms. The summed E-state index contributed by atoms with van der Waals surface area (Å²) in [4.78, 5) is 27.4. The molecule has 3 aromatic carbocycles. The quantitative estimate of drug-likeness (QED) is 0.106. The van der Waals surface area contributed by atoms with E-state index in [1.165, 1.54) is 6.92 Å². The fraction of sp³-hybridized carbons (Fsp3) is 0.167. The van der Waals surface area contributed by atoms with Crippen LogP contribution >= 0.6 is 0 Å². The molecule has 0 saturated carbocycles. The number of nitrogens with zero attached hydrogens (tertiary/aromatic N) is 1. The molecule has 170 valence electrons. The summed E-state index contributed by atoms with van der Waals surface area (Å²) < 4.78 is 5.50. The zero-order valence-corrected chi connectivity index (χ0v) is 18.2. The number of nitrogens with one attached hydrogen (secondary N) is 4. The minimum atomic E-state index is -0.456. The Hall–Kier alpha value is -4.40. The Kier molecular flexibility index (Phi) is 7.96. The van der Waals surface area contributed by atoms with Crippen molar-refractivity contribution in [2.45, 2.75) is 6.92 Å². The van der Waals surface area contributed by atoms with E-state index in [9.17, 15) is 9.59 Å². The molecular weight excluding hydrogens is 420 g/mol. The first kappa shape index (κ1) is 23.3. The first-order valence-electron chi connectivity index (χ1n) is 10.3. The molecule has 0 aromatic heterocycles. The molecule has 0 aliphatic rings. The van der Waals surface area contributed by atoms with Crippen LogP contribution in [-0.2, 0) is 4.79 Å². The lowest BCUT2D eigenvalue weighted by Gasteiger charge is -2.08. The highest BCUT2D eigenvalue weighted by Crippen LogP contribution is 2.23. The van der Waals surface area contributed by atoms with Crippen molar-refractivity contribution in [2.75, 3.05) is 25.1 Å². The third-order valence-electron chi connectivity index (χ3n) is 4.65. The molecule has 0 aliphatic heterocycles. The van der Waals surface area contributed by atoms with Gasteiger partial charge in [0.15, 0.2) is 0 Å². The van der Waals surface area contributed by atoms with Crippen LogP contribution in [-0.4, -0.2) is 43.8 Å². The Bertz CT molecular complexity index is 1170. The Balaban J connectivity index is 1.49. The maximum atomic E-state index is 12.5. The molecule has 6 N–H and O–H groups in total. The zero-order valence-electron chi connectivity index (χ0n) is 18.2. The number of carbonyl (C=O) groups is 2. The lowest BCUT2D eigenvalue weighted by Crippen LogP contribution is -2.29. The van der Waals surface area contributed by atoms with Crippen LogP contribution in [0.25, 0.3) is 10.8 Å². The maximum Gasteiger partial charge on any atom is 0.343 e. The molecule has 0 bridgehead atoms. The molecule has 3 rings (SSSR count). The van der Waals surface area contributed by atoms with Gasteiger partial charge in [0.25, 0.3) is 0 Å². The van der Waals surface area contributed by atoms with Gasteiger partial charge in [-0.2, -0.15) is 0 Å². The second-order valence-electron chi connectivity index (χ2n) is 7.19. The number of anilines is 1. The minimum absolute atomic E-state index is 0.00695. The van der Waals surface area contributed by atoms with Crippen LogP contribution in [0.4, 0.5) is 5.69 Å². The third kappa shape index (κ3) is 7.06. The number of amidine groups is 1. The Morgan fingerprint density at radius 3 is 2.42 bits per heavy atom. The average Bonchev–Trinajstić information content (AvgIpc) is 2.80. The van der Waals surface area contributed by atoms with Crippen LogP contribution in [0.15, 0.2) is 65.7 Å². The van der Waals surface area contributed by atoms with Gasteiger partial charge in [-0.3, -0.25) is 15.2 Å². The maximum absolute atomic E-state index is 12.5. The van der Waals surface area contributed by atoms with Crippen molar-refractivity contribution in [3.05, 3.63) is 71.8 Å². The number of nitrogens with two attached hydrogens (primary N) is 1. The summed E-state index contributed by atoms with van der Waals surface area (Å²) in [7, 11) is 0. The lowest BCUT2D eigenvalue weighted by atomic mass is 10.1. The number of carbonyl (C=O) groups excluding carboxylic acids is 2. The number of hydrogen-bond donors (Lipinski definition) is 5. The number of nitrogen functional groups attached to an aromatic ring is 1. The van der Waals surface area contributed by atoms with Gasteiger partial charge >= 0.3 is 5.97 Å². The molecule has 0 spiro atoms. The van der Waals surface area contributed by atoms with Gasteiger partial charge in [0.1, 0.15) is 18.3 Å². The van der Waals surface area contributed by atoms with Crippen molar-refractivity contribution >= 4 is 40.5 Å². The van der Waals surface area contributed by atoms with Crippen LogP contribution in [0.5, 0.6) is 5.75 Å². The smallest absolute Gasteiger partial charge is 0.343 e. The van der Waals surface area contributed by atoms with Gasteiger partial charge in [-0.15, -0.1) is 0 Å². The number of hydrogen-bond acceptors (Lipinski definition) is 6. The molecule has 0 heterocycles. The van der Waals surface area contributed by atoms with E-state index >= 15 is 0 Å². The second-order valence-corrected chi connectivity index (χ2v) is 7.19. The molecule has 0 radical (unpaired) electrons. The van der Waals surface area contributed by atoms with Crippen LogP contribution < -0.4 is 26.4 Å². The summed E-state index contributed by atoms with van der Waals surface area (Å²) >= 11 is 0. The largest absolute Gasteiger partial charge is 0.423 e. The van der Waals surface area contributed by atoms with Crippen LogP contribution in [0.2, 0.25) is 0 Å². The molecule has 0 fully saturated rings. The fourth-order valence-electron chi connectivity index (χ4n) is 2.97. The standard InChI is InChI=1S/C24H26N6O3/c1-16(31)29-11-10-27-14-28-15-30-21-7-4-17(5-8-21)24(32)33-22-9-6-18-12-20(23(25)26)3-2-19(18)13-22/h2-9,12-14,30H,10-11,15H2,1H3,(H3,25,26)(H,27,28)(H,29,31). The van der Waals surface area contributed by atoms with E-state index in [2.05, 4.69) is 20.9 Å². The number of amides is 1. The molecule has 0 atom stereocenters. The number of benzene rings is 3. The fourth-order valence-corrected chi connectivity index (χ4v) is 2.97. The second kappa shape index (κ2) is 11.3. The van der Waals surface area contributed by atoms with E-state index in [0.29, 0.717) is 36.6 Å². The molecular formula is C24H26N6O3. The van der Waals surface area contributed by atoms with E-state index < -0.39 is 5.97 Å². The molecule has 0 unspecified atom stereocenters. The summed E-state index contributed by atoms with van der Waals surface area (Å²) in [6, 6.07) is 17.6. The first-order chi connectivity index (χ1) is 15.9. The Morgan fingerprint density at radius 1 is 1.00 bits per heavy atom. The van der Waals surface area contributed by atoms with Crippen molar-refractivity contribution in [1.82, 2.24) is 10.6 Å². The predicted octanol–water partition coefficient (Wildman–Crippen LogP) is 2.47. The normalized spacial score (nSPS) is 10.7. The summed E-state index contributed by atoms with van der Waals surface area (Å²) in [5, 5.41) is 18.1. The molecule has 0 saturated heterocycles. The highest BCUT2D eigenvalue weighted by molar-refractivity contribution is 5.99. The number of ether oxygens (including phenoxy) is 1. The van der Waals surface area contributed by atoms with Gasteiger partial charge in [-0.25, -0.2) is 4.79 Å². The lowest BCUT2D eigenvalue weighted by molar-refractivity contribution is -0.118. The summed E-state index contributed by atoms with van der Waals surface area (Å²) in [6.07, 6.45) is 1.57. The highest BCUT2D eigenvalue weighted by atomic mass is 16.5. The van der Waals surface area contributed by atoms with Crippen molar-refractivity contribution < 1.29 is 14.3 Å². The summed E-state index contributed by atoms with van der Waals surface area (Å²) in [5.74, 6) is -0.0787. The van der Waals surface area contributed by atoms with Gasteiger partial charge in [0.05, 0.1) is 11.9 Å². The predicted molar refractivity (Wildman–Crippen MR) is 130 cm³/mol. The zero-order chi connectivity index (χ0) is 23.6. The number of fused-ring (bicyclic) bond motifs is 1. The Labute approximate surface area is 191 Å². The topological polar surface area (TPSA) is 142 Å². The van der Waals surface area contributed by atoms with Gasteiger partial charge in [0.2, 0.25) is 5.91 Å². The number of rotatable bonds is 10. The molecule has 0 aliphatic carbocycles. The minimum Gasteiger partial charge on any atom is -0.423 e. The summed E-state index contributed by atoms with van der Waals surface area (Å²) in [5.41, 5.74) is 7.41. The molecule has 9 heteroatoms. The van der Waals surface area contributed by atoms with Crippen molar-refractivity contribution in [1.29, 1.82) is 5.41 Å². The SMILES string of the molecule is CC(=O)NCCN/C=N/CNc1ccc(C(=O)Oc2ccc3cc(C(=N)N)ccc3c2)cc1. The Morgan fingerprint density at radius 2 is 1.70 bits per heavy atom. The van der Waals surface area contributed by atoms with Crippen molar-refractivity contribution in [3.8, 4) is 5.75 Å². The molecule has 3 aromatic rings. The van der Waals surface area contributed by atoms with Crippen LogP contribution in [0.1, 0.15) is 22.8 Å². The first-order valence-corrected chi connectivity index (χ1v) is 10.3. The van der Waals surface area contributed by atoms with Gasteiger partial charge < -0.3 is 26.4 Å². The van der Waals surface area contributed by atoms with E-state index in [-0.39, 0.29) is 11.7 Å². The van der Waals surface area contributed by atoms with Gasteiger partial charge in [-0.1, -0.05) is 18.2 Å². The average molecular weight is 447 g/mol.